The van der Waals surface area contributed by atoms with Crippen LogP contribution in [0.2, 0.25) is 0 Å². The Morgan fingerprint density at radius 1 is 0.490 bits per heavy atom. The van der Waals surface area contributed by atoms with Crippen molar-refractivity contribution in [1.29, 1.82) is 0 Å². The number of benzene rings is 3. The first-order chi connectivity index (χ1) is 47.9. The molecule has 2 aliphatic rings. The molecule has 0 bridgehead atoms. The first kappa shape index (κ1) is 83.9. The van der Waals surface area contributed by atoms with Crippen LogP contribution in [0.4, 0.5) is 0 Å². The summed E-state index contributed by atoms with van der Waals surface area (Å²) in [7, 11) is 9.64. The lowest BCUT2D eigenvalue weighted by molar-refractivity contribution is -0.151. The van der Waals surface area contributed by atoms with Crippen LogP contribution in [0.1, 0.15) is 137 Å². The molecule has 26 nitrogen and oxygen atoms in total. The minimum absolute atomic E-state index is 0.0105. The standard InChI is InChI=1S/C76H114N12O14/c1-48(2)42-60-69(95)80-65(52(7)89)75(101)81(11)46-64(91)84(14)62(43-49(3)4)74(100)85(15)59(39-37-54-32-24-19-25-33-54)67(93)79-58(47-102-76(8,9)10)72(98)83(13)50(5)66(92)78-57(73(99)88-40-28-21-29-41-88)45-63(90)82(12)51(6)70(96)86(16)61(44-55-34-26-20-27-35-55)68(94)77-56(71(97)87(60)17)38-36-53-30-22-18-23-31-53/h18-20,22-27,30-35,48-52,56-62,65,89H,21,28-29,36-47H2,1-17H3,(H,77,94)(H,78,92)(H,79,93)(H,80,95)/t50-,51-,52+,56-,57-,58-,59-,60-,61-,62-,65-/m0/s1. The topological polar surface area (TPSA) is 308 Å². The summed E-state index contributed by atoms with van der Waals surface area (Å²) in [4.78, 5) is 189. The quantitative estimate of drug-likeness (QED) is 0.137. The maximum atomic E-state index is 15.3. The maximum Gasteiger partial charge on any atom is 0.248 e. The third-order valence-electron chi connectivity index (χ3n) is 19.3. The molecule has 0 radical (unpaired) electrons. The van der Waals surface area contributed by atoms with E-state index >= 15 is 24.0 Å². The van der Waals surface area contributed by atoms with Gasteiger partial charge in [-0.25, -0.2) is 0 Å². The van der Waals surface area contributed by atoms with Gasteiger partial charge >= 0.3 is 0 Å². The van der Waals surface area contributed by atoms with E-state index in [1.54, 1.807) is 56.0 Å². The largest absolute Gasteiger partial charge is 0.391 e. The van der Waals surface area contributed by atoms with E-state index in [4.69, 9.17) is 4.74 Å². The van der Waals surface area contributed by atoms with E-state index in [9.17, 15) is 38.7 Å². The predicted molar refractivity (Wildman–Crippen MR) is 387 cm³/mol. The molecule has 3 aromatic rings. The highest BCUT2D eigenvalue weighted by atomic mass is 16.5. The van der Waals surface area contributed by atoms with Gasteiger partial charge in [0.2, 0.25) is 70.9 Å². The van der Waals surface area contributed by atoms with Crippen LogP contribution in [-0.4, -0.2) is 263 Å². The number of aliphatic hydroxyl groups is 1. The van der Waals surface area contributed by atoms with Crippen molar-refractivity contribution in [3.8, 4) is 0 Å². The fourth-order valence-electron chi connectivity index (χ4n) is 12.5. The summed E-state index contributed by atoms with van der Waals surface area (Å²) in [6.45, 7) is 16.4. The number of likely N-dealkylation sites (N-methyl/N-ethyl adjacent to an activating group) is 7. The van der Waals surface area contributed by atoms with E-state index < -0.39 is 163 Å². The SMILES string of the molecule is CC(C)C[C@H]1C(=O)N(C)[C@@H](CCc2ccccc2)C(=O)N[C@@H](COC(C)(C)C)C(=O)N(C)[C@@H](C)C(=O)N[C@H](C(=O)N2CCCCC2)CC(=O)N(C)[C@@H](C)C(=O)N(C)[C@@H](Cc2ccccc2)C(=O)N[C@@H](CCc2ccccc2)C(=O)N(C)[C@@H](CC(C)C)C(=O)N[C@@H]([C@@H](C)O)C(=O)N(C)CC(=O)N1C. The number of likely N-dealkylation sites (tertiary alicyclic amines) is 1. The molecular formula is C76H114N12O14. The Hall–Kier alpha value is -8.78. The molecule has 0 unspecified atom stereocenters. The van der Waals surface area contributed by atoms with Gasteiger partial charge in [0.25, 0.3) is 0 Å². The van der Waals surface area contributed by atoms with E-state index in [0.29, 0.717) is 31.5 Å². The van der Waals surface area contributed by atoms with Gasteiger partial charge in [0.05, 0.1) is 31.3 Å². The smallest absolute Gasteiger partial charge is 0.248 e. The second kappa shape index (κ2) is 39.0. The molecule has 0 spiro atoms. The van der Waals surface area contributed by atoms with Crippen LogP contribution in [0.25, 0.3) is 0 Å². The molecule has 26 heteroatoms. The van der Waals surface area contributed by atoms with Crippen LogP contribution in [0.15, 0.2) is 91.0 Å². The van der Waals surface area contributed by atoms with Crippen LogP contribution in [0, 0.1) is 11.8 Å². The maximum absolute atomic E-state index is 15.3. The molecule has 0 aliphatic carbocycles. The normalized spacial score (nSPS) is 24.8. The average molecular weight is 1420 g/mol. The first-order valence-electron chi connectivity index (χ1n) is 35.7. The molecule has 12 amide bonds. The minimum Gasteiger partial charge on any atom is -0.391 e. The lowest BCUT2D eigenvalue weighted by Gasteiger charge is -2.37. The van der Waals surface area contributed by atoms with E-state index in [2.05, 4.69) is 21.3 Å². The van der Waals surface area contributed by atoms with E-state index in [-0.39, 0.29) is 56.8 Å². The number of nitrogens with zero attached hydrogens (tertiary/aromatic N) is 8. The number of nitrogens with one attached hydrogen (secondary N) is 4. The summed E-state index contributed by atoms with van der Waals surface area (Å²) in [6.07, 6.45) is 0.648. The molecule has 2 aliphatic heterocycles. The van der Waals surface area contributed by atoms with Crippen LogP contribution in [0.3, 0.4) is 0 Å². The Morgan fingerprint density at radius 3 is 1.49 bits per heavy atom. The van der Waals surface area contributed by atoms with Gasteiger partial charge in [0.15, 0.2) is 0 Å². The Morgan fingerprint density at radius 2 is 0.961 bits per heavy atom. The number of aryl methyl sites for hydroxylation is 2. The number of hydrogen-bond acceptors (Lipinski definition) is 14. The molecule has 3 aromatic carbocycles. The molecule has 0 saturated carbocycles. The number of carbonyl (C=O) groups is 12. The van der Waals surface area contributed by atoms with Gasteiger partial charge in [-0.1, -0.05) is 119 Å². The van der Waals surface area contributed by atoms with Gasteiger partial charge in [0, 0.05) is 68.8 Å². The second-order valence-electron chi connectivity index (χ2n) is 29.3. The lowest BCUT2D eigenvalue weighted by atomic mass is 9.98. The summed E-state index contributed by atoms with van der Waals surface area (Å²) in [5, 5.41) is 22.5. The highest BCUT2D eigenvalue weighted by Crippen LogP contribution is 2.23. The first-order valence-corrected chi connectivity index (χ1v) is 35.7. The minimum atomic E-state index is -1.67. The molecular weight excluding hydrogens is 1300 g/mol. The Bertz CT molecular complexity index is 3330. The third kappa shape index (κ3) is 24.2. The fraction of sp³-hybridized carbons (Fsp3) is 0.605. The Balaban J connectivity index is 1.67. The fourth-order valence-corrected chi connectivity index (χ4v) is 12.5. The summed E-state index contributed by atoms with van der Waals surface area (Å²) < 4.78 is 6.16. The number of aliphatic hydroxyl groups excluding tert-OH is 1. The number of carbonyl (C=O) groups excluding carboxylic acids is 12. The van der Waals surface area contributed by atoms with E-state index in [1.807, 2.05) is 88.4 Å². The number of amides is 12. The van der Waals surface area contributed by atoms with Crippen molar-refractivity contribution in [2.45, 2.75) is 212 Å². The van der Waals surface area contributed by atoms with Gasteiger partial charge in [-0.2, -0.15) is 0 Å². The molecule has 102 heavy (non-hydrogen) atoms. The molecule has 5 N–H and O–H groups in total. The van der Waals surface area contributed by atoms with Crippen molar-refractivity contribution in [2.24, 2.45) is 11.8 Å². The van der Waals surface area contributed by atoms with Crippen LogP contribution >= 0.6 is 0 Å². The van der Waals surface area contributed by atoms with Gasteiger partial charge in [-0.05, 0) is 128 Å². The van der Waals surface area contributed by atoms with Gasteiger partial charge in [0.1, 0.15) is 60.4 Å². The van der Waals surface area contributed by atoms with Gasteiger partial charge < -0.3 is 70.3 Å². The lowest BCUT2D eigenvalue weighted by Crippen LogP contribution is -2.61. The van der Waals surface area contributed by atoms with Crippen molar-refractivity contribution in [1.82, 2.24) is 60.5 Å². The molecule has 2 saturated heterocycles. The Labute approximate surface area is 603 Å². The number of rotatable bonds is 16. The zero-order valence-electron chi connectivity index (χ0n) is 63.1. The van der Waals surface area contributed by atoms with Crippen molar-refractivity contribution in [3.05, 3.63) is 108 Å². The summed E-state index contributed by atoms with van der Waals surface area (Å²) >= 11 is 0. The monoisotopic (exact) mass is 1420 g/mol. The van der Waals surface area contributed by atoms with Crippen molar-refractivity contribution in [2.75, 3.05) is 75.6 Å². The molecule has 11 atom stereocenters. The van der Waals surface area contributed by atoms with E-state index in [0.717, 1.165) is 32.2 Å². The van der Waals surface area contributed by atoms with E-state index in [1.165, 1.54) is 89.7 Å². The molecule has 5 rings (SSSR count). The summed E-state index contributed by atoms with van der Waals surface area (Å²) in [5.74, 6) is -9.38. The molecule has 562 valence electrons. The Kier molecular flexibility index (Phi) is 32.1. The van der Waals surface area contributed by atoms with Crippen LogP contribution in [-0.2, 0) is 81.5 Å². The predicted octanol–water partition coefficient (Wildman–Crippen LogP) is 3.60. The number of ether oxygens (including phenoxy) is 1. The number of piperidine rings is 1. The van der Waals surface area contributed by atoms with Crippen molar-refractivity contribution < 1.29 is 67.4 Å². The van der Waals surface area contributed by atoms with Gasteiger partial charge in [-0.15, -0.1) is 0 Å². The molecule has 0 aromatic heterocycles. The highest BCUT2D eigenvalue weighted by Gasteiger charge is 2.43. The van der Waals surface area contributed by atoms with Crippen molar-refractivity contribution in [3.63, 3.8) is 0 Å². The third-order valence-corrected chi connectivity index (χ3v) is 19.3. The number of hydrogen-bond donors (Lipinski definition) is 5. The van der Waals surface area contributed by atoms with Gasteiger partial charge in [-0.3, -0.25) is 57.5 Å². The van der Waals surface area contributed by atoms with Crippen LogP contribution < -0.4 is 21.3 Å². The zero-order valence-corrected chi connectivity index (χ0v) is 63.1. The van der Waals surface area contributed by atoms with Crippen LogP contribution in [0.5, 0.6) is 0 Å². The average Bonchev–Trinajstić information content (AvgIpc) is 0.824. The van der Waals surface area contributed by atoms with Crippen molar-refractivity contribution >= 4 is 70.9 Å². The summed E-state index contributed by atoms with van der Waals surface area (Å²) in [5.41, 5.74) is 1.43. The zero-order chi connectivity index (χ0) is 76.0. The second-order valence-corrected chi connectivity index (χ2v) is 29.3. The highest BCUT2D eigenvalue weighted by molar-refractivity contribution is 6.00. The molecule has 2 fully saturated rings. The summed E-state index contributed by atoms with van der Waals surface area (Å²) in [6, 6.07) is 13.5. The molecule has 2 heterocycles.